The molecule has 0 amide bonds. The minimum absolute atomic E-state index is 0.258. The predicted molar refractivity (Wildman–Crippen MR) is 85.3 cm³/mol. The number of β-amino-alcohol motifs (C(OH)–C–C–N with tert-alkyl or cyclic N) is 1. The Morgan fingerprint density at radius 1 is 1.10 bits per heavy atom. The highest BCUT2D eigenvalue weighted by atomic mass is 16.3. The van der Waals surface area contributed by atoms with E-state index in [1.54, 1.807) is 0 Å². The van der Waals surface area contributed by atoms with Gasteiger partial charge in [0.15, 0.2) is 0 Å². The van der Waals surface area contributed by atoms with Crippen molar-refractivity contribution in [2.24, 2.45) is 0 Å². The molecule has 4 nitrogen and oxygen atoms in total. The molecular formula is C17H23N3O. The largest absolute Gasteiger partial charge is 0.395 e. The summed E-state index contributed by atoms with van der Waals surface area (Å²) >= 11 is 0. The molecule has 1 fully saturated rings. The number of hydrogen-bond acceptors (Lipinski definition) is 4. The van der Waals surface area contributed by atoms with Crippen molar-refractivity contribution in [2.45, 2.75) is 13.5 Å². The molecule has 0 spiro atoms. The van der Waals surface area contributed by atoms with E-state index in [2.05, 4.69) is 46.0 Å². The number of aromatic nitrogens is 1. The average Bonchev–Trinajstić information content (AvgIpc) is 2.49. The van der Waals surface area contributed by atoms with Gasteiger partial charge in [0.1, 0.15) is 0 Å². The summed E-state index contributed by atoms with van der Waals surface area (Å²) < 4.78 is 0. The maximum Gasteiger partial charge on any atom is 0.0708 e. The molecule has 3 rings (SSSR count). The van der Waals surface area contributed by atoms with Gasteiger partial charge in [0.25, 0.3) is 0 Å². The van der Waals surface area contributed by atoms with Gasteiger partial charge in [-0.05, 0) is 24.6 Å². The van der Waals surface area contributed by atoms with E-state index in [0.717, 1.165) is 50.5 Å². The monoisotopic (exact) mass is 285 g/mol. The molecule has 4 heteroatoms. The van der Waals surface area contributed by atoms with Crippen molar-refractivity contribution in [2.75, 3.05) is 39.3 Å². The molecule has 0 saturated carbocycles. The van der Waals surface area contributed by atoms with Crippen molar-refractivity contribution in [1.82, 2.24) is 14.8 Å². The van der Waals surface area contributed by atoms with Crippen LogP contribution in [0.5, 0.6) is 0 Å². The van der Waals surface area contributed by atoms with Crippen LogP contribution in [-0.4, -0.2) is 59.2 Å². The van der Waals surface area contributed by atoms with Crippen LogP contribution in [0.2, 0.25) is 0 Å². The number of pyridine rings is 1. The van der Waals surface area contributed by atoms with E-state index in [-0.39, 0.29) is 6.61 Å². The molecule has 1 aromatic heterocycles. The Hall–Kier alpha value is -1.49. The molecule has 0 aliphatic carbocycles. The highest BCUT2D eigenvalue weighted by molar-refractivity contribution is 5.82. The van der Waals surface area contributed by atoms with E-state index in [4.69, 9.17) is 5.11 Å². The third-order valence-corrected chi connectivity index (χ3v) is 4.21. The smallest absolute Gasteiger partial charge is 0.0708 e. The highest BCUT2D eigenvalue weighted by Gasteiger charge is 2.17. The number of aliphatic hydroxyl groups is 1. The number of piperazine rings is 1. The molecular weight excluding hydrogens is 262 g/mol. The molecule has 1 aliphatic rings. The van der Waals surface area contributed by atoms with E-state index >= 15 is 0 Å². The molecule has 112 valence electrons. The minimum Gasteiger partial charge on any atom is -0.395 e. The number of para-hydroxylation sites is 1. The summed E-state index contributed by atoms with van der Waals surface area (Å²) in [5.74, 6) is 0. The van der Waals surface area contributed by atoms with Crippen LogP contribution in [-0.2, 0) is 6.54 Å². The van der Waals surface area contributed by atoms with Crippen LogP contribution >= 0.6 is 0 Å². The molecule has 0 atom stereocenters. The minimum atomic E-state index is 0.258. The van der Waals surface area contributed by atoms with Crippen LogP contribution in [0.3, 0.4) is 0 Å². The fraction of sp³-hybridized carbons (Fsp3) is 0.471. The van der Waals surface area contributed by atoms with E-state index < -0.39 is 0 Å². The molecule has 1 aromatic carbocycles. The zero-order valence-corrected chi connectivity index (χ0v) is 12.6. The first kappa shape index (κ1) is 14.4. The van der Waals surface area contributed by atoms with E-state index in [1.807, 2.05) is 6.07 Å². The number of fused-ring (bicyclic) bond motifs is 1. The molecule has 2 aromatic rings. The van der Waals surface area contributed by atoms with Crippen LogP contribution in [0.4, 0.5) is 0 Å². The molecule has 2 heterocycles. The van der Waals surface area contributed by atoms with Crippen LogP contribution < -0.4 is 0 Å². The van der Waals surface area contributed by atoms with Gasteiger partial charge in [-0.2, -0.15) is 0 Å². The van der Waals surface area contributed by atoms with Crippen LogP contribution in [0, 0.1) is 6.92 Å². The summed E-state index contributed by atoms with van der Waals surface area (Å²) in [5.41, 5.74) is 3.54. The first-order valence-corrected chi connectivity index (χ1v) is 7.67. The average molecular weight is 285 g/mol. The van der Waals surface area contributed by atoms with Crippen LogP contribution in [0.25, 0.3) is 10.9 Å². The van der Waals surface area contributed by atoms with Crippen molar-refractivity contribution >= 4 is 10.9 Å². The second-order valence-electron chi connectivity index (χ2n) is 5.78. The second-order valence-corrected chi connectivity index (χ2v) is 5.78. The molecule has 1 N–H and O–H groups in total. The third kappa shape index (κ3) is 3.40. The Morgan fingerprint density at radius 2 is 1.81 bits per heavy atom. The normalized spacial score (nSPS) is 17.4. The lowest BCUT2D eigenvalue weighted by Crippen LogP contribution is -2.46. The van der Waals surface area contributed by atoms with Gasteiger partial charge in [-0.15, -0.1) is 0 Å². The second kappa shape index (κ2) is 6.52. The molecule has 21 heavy (non-hydrogen) atoms. The number of benzene rings is 1. The molecule has 0 unspecified atom stereocenters. The number of aliphatic hydroxyl groups excluding tert-OH is 1. The summed E-state index contributed by atoms with van der Waals surface area (Å²) in [6, 6.07) is 10.6. The Balaban J connectivity index is 1.74. The first-order valence-electron chi connectivity index (χ1n) is 7.67. The van der Waals surface area contributed by atoms with Crippen LogP contribution in [0.15, 0.2) is 30.3 Å². The third-order valence-electron chi connectivity index (χ3n) is 4.21. The van der Waals surface area contributed by atoms with Gasteiger partial charge in [-0.25, -0.2) is 0 Å². The Morgan fingerprint density at radius 3 is 2.57 bits per heavy atom. The SMILES string of the molecule is Cc1cc(CN2CCN(CCO)CC2)c2ccccc2n1. The lowest BCUT2D eigenvalue weighted by Gasteiger charge is -2.34. The van der Waals surface area contributed by atoms with Gasteiger partial charge in [0.2, 0.25) is 0 Å². The molecule has 0 bridgehead atoms. The van der Waals surface area contributed by atoms with Gasteiger partial charge in [0.05, 0.1) is 12.1 Å². The quantitative estimate of drug-likeness (QED) is 0.927. The van der Waals surface area contributed by atoms with Gasteiger partial charge in [-0.3, -0.25) is 14.8 Å². The number of aryl methyl sites for hydroxylation is 1. The fourth-order valence-electron chi connectivity index (χ4n) is 3.08. The van der Waals surface area contributed by atoms with Crippen molar-refractivity contribution in [3.63, 3.8) is 0 Å². The Kier molecular flexibility index (Phi) is 4.48. The summed E-state index contributed by atoms with van der Waals surface area (Å²) in [6.45, 7) is 8.32. The Bertz CT molecular complexity index is 606. The molecule has 1 saturated heterocycles. The zero-order chi connectivity index (χ0) is 14.7. The number of rotatable bonds is 4. The Labute approximate surface area is 126 Å². The fourth-order valence-corrected chi connectivity index (χ4v) is 3.08. The van der Waals surface area contributed by atoms with Gasteiger partial charge in [0, 0.05) is 50.3 Å². The van der Waals surface area contributed by atoms with Crippen molar-refractivity contribution in [3.05, 3.63) is 41.6 Å². The lowest BCUT2D eigenvalue weighted by molar-refractivity contribution is 0.109. The van der Waals surface area contributed by atoms with E-state index in [0.29, 0.717) is 0 Å². The summed E-state index contributed by atoms with van der Waals surface area (Å²) in [4.78, 5) is 9.43. The van der Waals surface area contributed by atoms with E-state index in [9.17, 15) is 0 Å². The van der Waals surface area contributed by atoms with Crippen molar-refractivity contribution in [3.8, 4) is 0 Å². The van der Waals surface area contributed by atoms with Gasteiger partial charge in [-0.1, -0.05) is 18.2 Å². The summed E-state index contributed by atoms with van der Waals surface area (Å²) in [6.07, 6.45) is 0. The molecule has 1 aliphatic heterocycles. The maximum atomic E-state index is 9.01. The topological polar surface area (TPSA) is 39.6 Å². The number of hydrogen-bond donors (Lipinski definition) is 1. The number of nitrogens with zero attached hydrogens (tertiary/aromatic N) is 3. The molecule has 0 radical (unpaired) electrons. The lowest BCUT2D eigenvalue weighted by atomic mass is 10.1. The highest BCUT2D eigenvalue weighted by Crippen LogP contribution is 2.20. The van der Waals surface area contributed by atoms with Crippen molar-refractivity contribution in [1.29, 1.82) is 0 Å². The summed E-state index contributed by atoms with van der Waals surface area (Å²) in [7, 11) is 0. The van der Waals surface area contributed by atoms with Gasteiger partial charge < -0.3 is 5.11 Å². The standard InChI is InChI=1S/C17H23N3O/c1-14-12-15(16-4-2-3-5-17(16)18-14)13-20-8-6-19(7-9-20)10-11-21/h2-5,12,21H,6-11,13H2,1H3. The van der Waals surface area contributed by atoms with Gasteiger partial charge >= 0.3 is 0 Å². The van der Waals surface area contributed by atoms with E-state index in [1.165, 1.54) is 10.9 Å². The predicted octanol–water partition coefficient (Wildman–Crippen LogP) is 1.65. The van der Waals surface area contributed by atoms with Crippen molar-refractivity contribution < 1.29 is 5.11 Å². The first-order chi connectivity index (χ1) is 10.3. The zero-order valence-electron chi connectivity index (χ0n) is 12.6. The maximum absolute atomic E-state index is 9.01. The van der Waals surface area contributed by atoms with Crippen LogP contribution in [0.1, 0.15) is 11.3 Å². The summed E-state index contributed by atoms with van der Waals surface area (Å²) in [5, 5.41) is 10.3.